The van der Waals surface area contributed by atoms with Crippen LogP contribution in [0, 0.1) is 0 Å². The fourth-order valence-corrected chi connectivity index (χ4v) is 4.52. The van der Waals surface area contributed by atoms with Crippen molar-refractivity contribution < 1.29 is 17.7 Å². The molecule has 0 amide bonds. The minimum absolute atomic E-state index is 0.108. The van der Waals surface area contributed by atoms with Crippen molar-refractivity contribution in [3.8, 4) is 17.1 Å². The van der Waals surface area contributed by atoms with Gasteiger partial charge in [0, 0.05) is 18.2 Å². The zero-order valence-electron chi connectivity index (χ0n) is 15.2. The van der Waals surface area contributed by atoms with E-state index in [1.807, 2.05) is 43.1 Å². The molecule has 0 unspecified atom stereocenters. The smallest absolute Gasteiger partial charge is 0.244 e. The topological polar surface area (TPSA) is 97.6 Å². The number of hydrogen-bond acceptors (Lipinski definition) is 7. The summed E-state index contributed by atoms with van der Waals surface area (Å²) in [5.41, 5.74) is 0.835. The fourth-order valence-electron chi connectivity index (χ4n) is 3.18. The molecule has 0 bridgehead atoms. The van der Waals surface area contributed by atoms with Crippen molar-refractivity contribution in [2.24, 2.45) is 0 Å². The second-order valence-corrected chi connectivity index (χ2v) is 8.38. The minimum Gasteiger partial charge on any atom is -0.497 e. The summed E-state index contributed by atoms with van der Waals surface area (Å²) in [6.07, 6.45) is 1.19. The van der Waals surface area contributed by atoms with E-state index >= 15 is 0 Å². The van der Waals surface area contributed by atoms with Gasteiger partial charge in [0.1, 0.15) is 5.75 Å². The Labute approximate surface area is 153 Å². The number of hydrogen-bond donors (Lipinski definition) is 1. The van der Waals surface area contributed by atoms with E-state index in [9.17, 15) is 8.42 Å². The van der Waals surface area contributed by atoms with Gasteiger partial charge in [0.05, 0.1) is 18.9 Å². The number of sulfonamides is 1. The van der Waals surface area contributed by atoms with Gasteiger partial charge in [-0.2, -0.15) is 4.98 Å². The van der Waals surface area contributed by atoms with Gasteiger partial charge in [-0.3, -0.25) is 4.90 Å². The summed E-state index contributed by atoms with van der Waals surface area (Å²) >= 11 is 0. The summed E-state index contributed by atoms with van der Waals surface area (Å²) in [5, 5.41) is 4.06. The van der Waals surface area contributed by atoms with Gasteiger partial charge < -0.3 is 9.26 Å². The molecule has 1 saturated heterocycles. The van der Waals surface area contributed by atoms with E-state index in [-0.39, 0.29) is 17.8 Å². The second kappa shape index (κ2) is 7.73. The van der Waals surface area contributed by atoms with Crippen molar-refractivity contribution in [1.29, 1.82) is 0 Å². The van der Waals surface area contributed by atoms with Crippen LogP contribution < -0.4 is 9.46 Å². The molecule has 1 aromatic heterocycles. The Morgan fingerprint density at radius 2 is 2.08 bits per heavy atom. The molecule has 1 aliphatic rings. The molecule has 0 radical (unpaired) electrons. The molecule has 9 heteroatoms. The van der Waals surface area contributed by atoms with E-state index in [0.29, 0.717) is 31.1 Å². The molecule has 0 saturated carbocycles. The summed E-state index contributed by atoms with van der Waals surface area (Å²) in [5.74, 6) is 1.90. The van der Waals surface area contributed by atoms with Crippen LogP contribution in [0.4, 0.5) is 0 Å². The van der Waals surface area contributed by atoms with E-state index in [2.05, 4.69) is 14.9 Å². The molecule has 0 aliphatic carbocycles. The summed E-state index contributed by atoms with van der Waals surface area (Å²) in [7, 11) is 0.297. The molecule has 1 aliphatic heterocycles. The van der Waals surface area contributed by atoms with E-state index in [0.717, 1.165) is 11.3 Å². The molecule has 2 aromatic rings. The third-order valence-corrected chi connectivity index (χ3v) is 6.08. The van der Waals surface area contributed by atoms with E-state index < -0.39 is 10.0 Å². The molecular weight excluding hydrogens is 356 g/mol. The molecule has 2 atom stereocenters. The van der Waals surface area contributed by atoms with E-state index in [1.165, 1.54) is 0 Å². The van der Waals surface area contributed by atoms with Crippen LogP contribution in [-0.2, 0) is 10.0 Å². The Hall–Kier alpha value is -1.97. The first-order valence-corrected chi connectivity index (χ1v) is 10.3. The summed E-state index contributed by atoms with van der Waals surface area (Å²) < 4.78 is 37.3. The first-order chi connectivity index (χ1) is 12.4. The van der Waals surface area contributed by atoms with Gasteiger partial charge >= 0.3 is 0 Å². The average Bonchev–Trinajstić information content (AvgIpc) is 3.21. The largest absolute Gasteiger partial charge is 0.497 e. The van der Waals surface area contributed by atoms with Crippen molar-refractivity contribution >= 4 is 10.0 Å². The number of likely N-dealkylation sites (N-methyl/N-ethyl adjacent to an activating group) is 1. The highest BCUT2D eigenvalue weighted by atomic mass is 32.2. The van der Waals surface area contributed by atoms with Gasteiger partial charge in [-0.05, 0) is 44.2 Å². The van der Waals surface area contributed by atoms with Gasteiger partial charge in [0.25, 0.3) is 0 Å². The van der Waals surface area contributed by atoms with Crippen molar-refractivity contribution in [1.82, 2.24) is 19.8 Å². The standard InChI is InChI=1S/C17H24N4O4S/c1-4-9-26(22,23)20-13-10-15(21(2)11-13)17-18-16(19-25-17)12-5-7-14(24-3)8-6-12/h5-8,13,15,20H,4,9-11H2,1-3H3/t13-,15-/m0/s1. The zero-order valence-corrected chi connectivity index (χ0v) is 16.0. The molecule has 1 N–H and O–H groups in total. The number of nitrogens with zero attached hydrogens (tertiary/aromatic N) is 3. The molecule has 26 heavy (non-hydrogen) atoms. The quantitative estimate of drug-likeness (QED) is 0.782. The lowest BCUT2D eigenvalue weighted by atomic mass is 10.2. The van der Waals surface area contributed by atoms with Crippen LogP contribution in [0.1, 0.15) is 31.7 Å². The van der Waals surface area contributed by atoms with Crippen LogP contribution in [0.5, 0.6) is 5.75 Å². The van der Waals surface area contributed by atoms with Crippen molar-refractivity contribution in [3.63, 3.8) is 0 Å². The number of nitrogens with one attached hydrogen (secondary N) is 1. The molecule has 0 spiro atoms. The predicted molar refractivity (Wildman–Crippen MR) is 97.3 cm³/mol. The first-order valence-electron chi connectivity index (χ1n) is 8.60. The Morgan fingerprint density at radius 3 is 2.73 bits per heavy atom. The summed E-state index contributed by atoms with van der Waals surface area (Å²) in [6.45, 7) is 2.45. The monoisotopic (exact) mass is 380 g/mol. The van der Waals surface area contributed by atoms with Crippen LogP contribution in [0.25, 0.3) is 11.4 Å². The first kappa shape index (κ1) is 18.8. The van der Waals surface area contributed by atoms with E-state index in [4.69, 9.17) is 9.26 Å². The molecule has 8 nitrogen and oxygen atoms in total. The molecule has 1 aromatic carbocycles. The van der Waals surface area contributed by atoms with Crippen molar-refractivity contribution in [2.75, 3.05) is 26.5 Å². The molecule has 3 rings (SSSR count). The fraction of sp³-hybridized carbons (Fsp3) is 0.529. The minimum atomic E-state index is -3.24. The maximum absolute atomic E-state index is 12.0. The SMILES string of the molecule is CCCS(=O)(=O)N[C@H]1C[C@@H](c2nc(-c3ccc(OC)cc3)no2)N(C)C1. The lowest BCUT2D eigenvalue weighted by molar-refractivity contribution is 0.244. The molecule has 142 valence electrons. The summed E-state index contributed by atoms with van der Waals surface area (Å²) in [4.78, 5) is 6.53. The van der Waals surface area contributed by atoms with Gasteiger partial charge in [-0.15, -0.1) is 0 Å². The third kappa shape index (κ3) is 4.22. The second-order valence-electron chi connectivity index (χ2n) is 6.51. The number of rotatable bonds is 7. The van der Waals surface area contributed by atoms with Gasteiger partial charge in [-0.1, -0.05) is 12.1 Å². The number of methoxy groups -OCH3 is 1. The normalized spacial score (nSPS) is 21.2. The maximum Gasteiger partial charge on any atom is 0.244 e. The van der Waals surface area contributed by atoms with Gasteiger partial charge in [0.15, 0.2) is 0 Å². The zero-order chi connectivity index (χ0) is 18.7. The van der Waals surface area contributed by atoms with Crippen molar-refractivity contribution in [3.05, 3.63) is 30.2 Å². The highest BCUT2D eigenvalue weighted by Gasteiger charge is 2.36. The Bertz CT molecular complexity index is 835. The van der Waals surface area contributed by atoms with Crippen LogP contribution in [-0.4, -0.2) is 56.0 Å². The van der Waals surface area contributed by atoms with Gasteiger partial charge in [-0.25, -0.2) is 13.1 Å². The lowest BCUT2D eigenvalue weighted by Gasteiger charge is -2.14. The third-order valence-electron chi connectivity index (χ3n) is 4.44. The maximum atomic E-state index is 12.0. The van der Waals surface area contributed by atoms with Crippen LogP contribution >= 0.6 is 0 Å². The predicted octanol–water partition coefficient (Wildman–Crippen LogP) is 1.82. The Balaban J connectivity index is 1.70. The van der Waals surface area contributed by atoms with Crippen molar-refractivity contribution in [2.45, 2.75) is 31.8 Å². The number of likely N-dealkylation sites (tertiary alicyclic amines) is 1. The highest BCUT2D eigenvalue weighted by Crippen LogP contribution is 2.31. The van der Waals surface area contributed by atoms with Crippen LogP contribution in [0.2, 0.25) is 0 Å². The number of ether oxygens (including phenoxy) is 1. The lowest BCUT2D eigenvalue weighted by Crippen LogP contribution is -2.37. The average molecular weight is 380 g/mol. The van der Waals surface area contributed by atoms with E-state index in [1.54, 1.807) is 7.11 Å². The number of aromatic nitrogens is 2. The van der Waals surface area contributed by atoms with Crippen LogP contribution in [0.3, 0.4) is 0 Å². The Morgan fingerprint density at radius 1 is 1.35 bits per heavy atom. The highest BCUT2D eigenvalue weighted by molar-refractivity contribution is 7.89. The number of benzene rings is 1. The molecule has 2 heterocycles. The molecular formula is C17H24N4O4S. The molecule has 1 fully saturated rings. The van der Waals surface area contributed by atoms with Crippen LogP contribution in [0.15, 0.2) is 28.8 Å². The summed E-state index contributed by atoms with van der Waals surface area (Å²) in [6, 6.07) is 7.15. The van der Waals surface area contributed by atoms with Gasteiger partial charge in [0.2, 0.25) is 21.7 Å². The Kier molecular flexibility index (Phi) is 5.59.